The monoisotopic (exact) mass is 255 g/mol. The van der Waals surface area contributed by atoms with Crippen LogP contribution in [0.3, 0.4) is 0 Å². The van der Waals surface area contributed by atoms with Crippen LogP contribution >= 0.6 is 0 Å². The molecule has 4 unspecified atom stereocenters. The number of ether oxygens (including phenoxy) is 2. The highest BCUT2D eigenvalue weighted by atomic mass is 16.6. The molecule has 1 aliphatic heterocycles. The van der Waals surface area contributed by atoms with Gasteiger partial charge in [0, 0.05) is 19.9 Å². The maximum Gasteiger partial charge on any atom is 0.303 e. The Morgan fingerprint density at radius 1 is 1.67 bits per heavy atom. The van der Waals surface area contributed by atoms with Crippen LogP contribution in [0.5, 0.6) is 0 Å². The largest absolute Gasteiger partial charge is 0.455 e. The van der Waals surface area contributed by atoms with Gasteiger partial charge in [-0.2, -0.15) is 0 Å². The molecule has 0 aromatic rings. The smallest absolute Gasteiger partial charge is 0.303 e. The second kappa shape index (κ2) is 6.74. The number of nitrogens with zero attached hydrogens (tertiary/aromatic N) is 1. The molecule has 4 atom stereocenters. The van der Waals surface area contributed by atoms with Crippen LogP contribution in [-0.2, 0) is 14.3 Å². The van der Waals surface area contributed by atoms with Crippen molar-refractivity contribution in [3.05, 3.63) is 0 Å². The summed E-state index contributed by atoms with van der Waals surface area (Å²) in [4.78, 5) is 13.1. The third-order valence-electron chi connectivity index (χ3n) is 3.08. The van der Waals surface area contributed by atoms with E-state index in [2.05, 4.69) is 5.92 Å². The summed E-state index contributed by atoms with van der Waals surface area (Å²) < 4.78 is 10.5. The Morgan fingerprint density at radius 2 is 2.33 bits per heavy atom. The normalized spacial score (nSPS) is 32.0. The molecule has 0 amide bonds. The fraction of sp³-hybridized carbons (Fsp3) is 0.769. The van der Waals surface area contributed by atoms with Crippen LogP contribution in [0.4, 0.5) is 0 Å². The minimum absolute atomic E-state index is 0.0786. The van der Waals surface area contributed by atoms with Gasteiger partial charge in [-0.3, -0.25) is 9.69 Å². The van der Waals surface area contributed by atoms with Crippen LogP contribution in [0, 0.1) is 12.3 Å². The molecule has 1 aliphatic rings. The molecular formula is C13H21NO4. The third kappa shape index (κ3) is 3.98. The third-order valence-corrected chi connectivity index (χ3v) is 3.08. The Labute approximate surface area is 108 Å². The van der Waals surface area contributed by atoms with Gasteiger partial charge in [0.1, 0.15) is 0 Å². The predicted molar refractivity (Wildman–Crippen MR) is 66.6 cm³/mol. The molecule has 5 nitrogen and oxygen atoms in total. The number of esters is 1. The van der Waals surface area contributed by atoms with Crippen molar-refractivity contribution < 1.29 is 19.4 Å². The molecule has 1 fully saturated rings. The van der Waals surface area contributed by atoms with E-state index in [1.54, 1.807) is 0 Å². The lowest BCUT2D eigenvalue weighted by atomic mass is 9.98. The number of carbonyl (C=O) groups excluding carboxylic acids is 1. The zero-order chi connectivity index (χ0) is 13.7. The van der Waals surface area contributed by atoms with Gasteiger partial charge in [0.05, 0.1) is 12.1 Å². The number of carbonyl (C=O) groups is 1. The number of likely N-dealkylation sites (N-methyl/N-ethyl adjacent to an activating group) is 1. The van der Waals surface area contributed by atoms with Gasteiger partial charge in [-0.15, -0.1) is 12.3 Å². The van der Waals surface area contributed by atoms with Gasteiger partial charge in [-0.05, 0) is 20.4 Å². The van der Waals surface area contributed by atoms with Crippen LogP contribution in [-0.4, -0.2) is 54.1 Å². The number of aliphatic hydroxyl groups excluding tert-OH is 1. The standard InChI is InChI=1S/C13H21NO4/c1-5-6-7-14(4)11-8-9(2)17-13(16)12(11)18-10(3)15/h1,9,11-13,16H,6-8H2,2-4H3. The lowest BCUT2D eigenvalue weighted by Gasteiger charge is -2.41. The quantitative estimate of drug-likeness (QED) is 0.581. The van der Waals surface area contributed by atoms with E-state index in [4.69, 9.17) is 15.9 Å². The Bertz CT molecular complexity index is 325. The van der Waals surface area contributed by atoms with Crippen LogP contribution < -0.4 is 0 Å². The average molecular weight is 255 g/mol. The summed E-state index contributed by atoms with van der Waals surface area (Å²) >= 11 is 0. The summed E-state index contributed by atoms with van der Waals surface area (Å²) in [7, 11) is 1.91. The van der Waals surface area contributed by atoms with Gasteiger partial charge in [-0.25, -0.2) is 0 Å². The molecule has 0 spiro atoms. The molecule has 0 aliphatic carbocycles. The lowest BCUT2D eigenvalue weighted by molar-refractivity contribution is -0.241. The van der Waals surface area contributed by atoms with Crippen LogP contribution in [0.2, 0.25) is 0 Å². The highest BCUT2D eigenvalue weighted by Gasteiger charge is 2.40. The lowest BCUT2D eigenvalue weighted by Crippen LogP contribution is -2.56. The van der Waals surface area contributed by atoms with E-state index in [1.165, 1.54) is 6.92 Å². The van der Waals surface area contributed by atoms with E-state index < -0.39 is 18.4 Å². The molecule has 1 heterocycles. The maximum atomic E-state index is 11.1. The van der Waals surface area contributed by atoms with Gasteiger partial charge < -0.3 is 14.6 Å². The van der Waals surface area contributed by atoms with Gasteiger partial charge >= 0.3 is 5.97 Å². The van der Waals surface area contributed by atoms with E-state index in [-0.39, 0.29) is 12.1 Å². The summed E-state index contributed by atoms with van der Waals surface area (Å²) in [5, 5.41) is 9.87. The summed E-state index contributed by atoms with van der Waals surface area (Å²) in [5.74, 6) is 2.15. The molecule has 1 saturated heterocycles. The van der Waals surface area contributed by atoms with E-state index in [1.807, 2.05) is 18.9 Å². The van der Waals surface area contributed by atoms with Crippen molar-refractivity contribution in [3.63, 3.8) is 0 Å². The number of hydrogen-bond acceptors (Lipinski definition) is 5. The highest BCUT2D eigenvalue weighted by Crippen LogP contribution is 2.25. The first-order chi connectivity index (χ1) is 8.45. The number of aliphatic hydroxyl groups is 1. The molecule has 0 aromatic heterocycles. The van der Waals surface area contributed by atoms with Crippen molar-refractivity contribution in [1.82, 2.24) is 4.90 Å². The first-order valence-electron chi connectivity index (χ1n) is 6.10. The Hall–Kier alpha value is -1.09. The van der Waals surface area contributed by atoms with Crippen molar-refractivity contribution in [2.45, 2.75) is 51.2 Å². The fourth-order valence-corrected chi connectivity index (χ4v) is 2.20. The second-order valence-corrected chi connectivity index (χ2v) is 4.65. The summed E-state index contributed by atoms with van der Waals surface area (Å²) in [5.41, 5.74) is 0. The number of terminal acetylenes is 1. The zero-order valence-electron chi connectivity index (χ0n) is 11.1. The van der Waals surface area contributed by atoms with E-state index in [0.29, 0.717) is 19.4 Å². The van der Waals surface area contributed by atoms with Crippen molar-refractivity contribution >= 4 is 5.97 Å². The Morgan fingerprint density at radius 3 is 2.89 bits per heavy atom. The van der Waals surface area contributed by atoms with Crippen molar-refractivity contribution in [1.29, 1.82) is 0 Å². The molecule has 102 valence electrons. The number of hydrogen-bond donors (Lipinski definition) is 1. The molecule has 1 N–H and O–H groups in total. The predicted octanol–water partition coefficient (Wildman–Crippen LogP) is 0.369. The SMILES string of the molecule is C#CCCN(C)C1CC(C)OC(O)C1OC(C)=O. The Balaban J connectivity index is 2.73. The Kier molecular flexibility index (Phi) is 5.60. The molecular weight excluding hydrogens is 234 g/mol. The molecule has 1 rings (SSSR count). The number of rotatable bonds is 4. The summed E-state index contributed by atoms with van der Waals surface area (Å²) in [6.07, 6.45) is 4.72. The first kappa shape index (κ1) is 15.0. The van der Waals surface area contributed by atoms with Crippen LogP contribution in [0.25, 0.3) is 0 Å². The van der Waals surface area contributed by atoms with E-state index in [9.17, 15) is 9.90 Å². The minimum atomic E-state index is -1.09. The molecule has 18 heavy (non-hydrogen) atoms. The van der Waals surface area contributed by atoms with Crippen molar-refractivity contribution in [2.75, 3.05) is 13.6 Å². The summed E-state index contributed by atoms with van der Waals surface area (Å²) in [6, 6.07) is -0.0824. The van der Waals surface area contributed by atoms with Gasteiger partial charge in [0.15, 0.2) is 12.4 Å². The van der Waals surface area contributed by atoms with Crippen LogP contribution in [0.15, 0.2) is 0 Å². The minimum Gasteiger partial charge on any atom is -0.455 e. The van der Waals surface area contributed by atoms with Crippen molar-refractivity contribution in [2.24, 2.45) is 0 Å². The van der Waals surface area contributed by atoms with E-state index >= 15 is 0 Å². The fourth-order valence-electron chi connectivity index (χ4n) is 2.20. The van der Waals surface area contributed by atoms with E-state index in [0.717, 1.165) is 0 Å². The first-order valence-corrected chi connectivity index (χ1v) is 6.10. The summed E-state index contributed by atoms with van der Waals surface area (Å²) in [6.45, 7) is 3.90. The van der Waals surface area contributed by atoms with Gasteiger partial charge in [-0.1, -0.05) is 0 Å². The highest BCUT2D eigenvalue weighted by molar-refractivity contribution is 5.66. The molecule has 0 bridgehead atoms. The second-order valence-electron chi connectivity index (χ2n) is 4.65. The average Bonchev–Trinajstić information content (AvgIpc) is 2.28. The maximum absolute atomic E-state index is 11.1. The molecule has 0 saturated carbocycles. The van der Waals surface area contributed by atoms with Gasteiger partial charge in [0.2, 0.25) is 0 Å². The van der Waals surface area contributed by atoms with Crippen LogP contribution in [0.1, 0.15) is 26.7 Å². The zero-order valence-corrected chi connectivity index (χ0v) is 11.1. The molecule has 5 heteroatoms. The molecule has 0 radical (unpaired) electrons. The van der Waals surface area contributed by atoms with Crippen molar-refractivity contribution in [3.8, 4) is 12.3 Å². The molecule has 0 aromatic carbocycles. The topological polar surface area (TPSA) is 59.0 Å². The van der Waals surface area contributed by atoms with Gasteiger partial charge in [0.25, 0.3) is 0 Å².